The molecule has 3 nitrogen and oxygen atoms in total. The first-order valence-electron chi connectivity index (χ1n) is 6.26. The Bertz CT molecular complexity index is 475. The van der Waals surface area contributed by atoms with E-state index in [1.54, 1.807) is 16.7 Å². The molecule has 0 aromatic heterocycles. The molecule has 1 aromatic rings. The second-order valence-corrected chi connectivity index (χ2v) is 5.56. The van der Waals surface area contributed by atoms with Crippen LogP contribution in [-0.4, -0.2) is 29.8 Å². The lowest BCUT2D eigenvalue weighted by Gasteiger charge is -2.24. The molecule has 1 fully saturated rings. The van der Waals surface area contributed by atoms with Gasteiger partial charge in [0.2, 0.25) is 0 Å². The first kappa shape index (κ1) is 15.0. The van der Waals surface area contributed by atoms with Gasteiger partial charge >= 0.3 is 12.2 Å². The molecule has 1 atom stereocenters. The van der Waals surface area contributed by atoms with Gasteiger partial charge in [0.25, 0.3) is 0 Å². The number of nitrogens with zero attached hydrogens (tertiary/aromatic N) is 1. The van der Waals surface area contributed by atoms with Crippen LogP contribution in [0.2, 0.25) is 0 Å². The number of alkyl halides is 3. The van der Waals surface area contributed by atoms with E-state index in [9.17, 15) is 18.0 Å². The lowest BCUT2D eigenvalue weighted by Crippen LogP contribution is -2.39. The Morgan fingerprint density at radius 3 is 2.60 bits per heavy atom. The molecule has 20 heavy (non-hydrogen) atoms. The normalized spacial score (nSPS) is 19.2. The van der Waals surface area contributed by atoms with Crippen molar-refractivity contribution in [3.63, 3.8) is 0 Å². The summed E-state index contributed by atoms with van der Waals surface area (Å²) < 4.78 is 37.6. The molecule has 1 heterocycles. The quantitative estimate of drug-likeness (QED) is 0.907. The SMILES string of the molecule is CCNC(=O)N1CCSC1c1ccc(C(F)(F)F)cc1. The van der Waals surface area contributed by atoms with Crippen LogP contribution in [0.15, 0.2) is 24.3 Å². The number of hydrogen-bond donors (Lipinski definition) is 1. The highest BCUT2D eigenvalue weighted by Gasteiger charge is 2.33. The van der Waals surface area contributed by atoms with Gasteiger partial charge in [0.1, 0.15) is 5.37 Å². The lowest BCUT2D eigenvalue weighted by molar-refractivity contribution is -0.137. The minimum atomic E-state index is -4.33. The Kier molecular flexibility index (Phi) is 4.47. The van der Waals surface area contributed by atoms with E-state index in [1.807, 2.05) is 6.92 Å². The van der Waals surface area contributed by atoms with E-state index in [-0.39, 0.29) is 11.4 Å². The summed E-state index contributed by atoms with van der Waals surface area (Å²) in [6.07, 6.45) is -4.33. The molecule has 2 rings (SSSR count). The Morgan fingerprint density at radius 1 is 1.40 bits per heavy atom. The number of rotatable bonds is 2. The zero-order chi connectivity index (χ0) is 14.8. The minimum absolute atomic E-state index is 0.178. The van der Waals surface area contributed by atoms with Crippen LogP contribution in [0.1, 0.15) is 23.4 Å². The van der Waals surface area contributed by atoms with Crippen LogP contribution in [0.4, 0.5) is 18.0 Å². The van der Waals surface area contributed by atoms with Gasteiger partial charge in [-0.1, -0.05) is 12.1 Å². The number of hydrogen-bond acceptors (Lipinski definition) is 2. The number of nitrogens with one attached hydrogen (secondary N) is 1. The topological polar surface area (TPSA) is 32.3 Å². The number of amides is 2. The Balaban J connectivity index is 2.16. The molecule has 0 radical (unpaired) electrons. The van der Waals surface area contributed by atoms with E-state index < -0.39 is 11.7 Å². The van der Waals surface area contributed by atoms with Crippen molar-refractivity contribution in [2.75, 3.05) is 18.8 Å². The van der Waals surface area contributed by atoms with E-state index >= 15 is 0 Å². The molecule has 1 N–H and O–H groups in total. The second kappa shape index (κ2) is 5.95. The summed E-state index contributed by atoms with van der Waals surface area (Å²) in [5.74, 6) is 0.781. The van der Waals surface area contributed by atoms with Crippen molar-refractivity contribution >= 4 is 17.8 Å². The molecule has 0 spiro atoms. The van der Waals surface area contributed by atoms with Crippen molar-refractivity contribution in [2.45, 2.75) is 18.5 Å². The Hall–Kier alpha value is -1.37. The van der Waals surface area contributed by atoms with Gasteiger partial charge in [-0.25, -0.2) is 4.79 Å². The van der Waals surface area contributed by atoms with Crippen molar-refractivity contribution in [1.82, 2.24) is 10.2 Å². The number of thioether (sulfide) groups is 1. The molecule has 0 aliphatic carbocycles. The van der Waals surface area contributed by atoms with Crippen LogP contribution < -0.4 is 5.32 Å². The minimum Gasteiger partial charge on any atom is -0.338 e. The fourth-order valence-electron chi connectivity index (χ4n) is 2.04. The van der Waals surface area contributed by atoms with E-state index in [0.29, 0.717) is 18.7 Å². The molecule has 110 valence electrons. The molecule has 1 unspecified atom stereocenters. The number of benzene rings is 1. The van der Waals surface area contributed by atoms with Crippen molar-refractivity contribution in [3.05, 3.63) is 35.4 Å². The second-order valence-electron chi connectivity index (χ2n) is 4.37. The number of carbonyl (C=O) groups excluding carboxylic acids is 1. The van der Waals surface area contributed by atoms with E-state index in [0.717, 1.165) is 17.9 Å². The number of urea groups is 1. The number of carbonyl (C=O) groups is 1. The number of halogens is 3. The van der Waals surface area contributed by atoms with Gasteiger partial charge in [-0.3, -0.25) is 0 Å². The largest absolute Gasteiger partial charge is 0.416 e. The molecular formula is C13H15F3N2OS. The highest BCUT2D eigenvalue weighted by Crippen LogP contribution is 2.39. The summed E-state index contributed by atoms with van der Waals surface area (Å²) in [5, 5.41) is 2.50. The van der Waals surface area contributed by atoms with Crippen LogP contribution in [-0.2, 0) is 6.18 Å². The molecule has 7 heteroatoms. The highest BCUT2D eigenvalue weighted by atomic mass is 32.2. The van der Waals surface area contributed by atoms with Gasteiger partial charge in [-0.05, 0) is 24.6 Å². The zero-order valence-corrected chi connectivity index (χ0v) is 11.7. The molecule has 0 saturated carbocycles. The van der Waals surface area contributed by atoms with Crippen LogP contribution in [0.25, 0.3) is 0 Å². The Labute approximate surface area is 119 Å². The van der Waals surface area contributed by atoms with E-state index in [2.05, 4.69) is 5.32 Å². The maximum Gasteiger partial charge on any atom is 0.416 e. The third kappa shape index (κ3) is 3.20. The van der Waals surface area contributed by atoms with Gasteiger partial charge in [-0.15, -0.1) is 11.8 Å². The van der Waals surface area contributed by atoms with Gasteiger partial charge in [0.05, 0.1) is 5.56 Å². The van der Waals surface area contributed by atoms with Crippen LogP contribution >= 0.6 is 11.8 Å². The summed E-state index contributed by atoms with van der Waals surface area (Å²) >= 11 is 1.55. The predicted octanol–water partition coefficient (Wildman–Crippen LogP) is 3.48. The molecule has 1 aliphatic heterocycles. The monoisotopic (exact) mass is 304 g/mol. The third-order valence-corrected chi connectivity index (χ3v) is 4.26. The van der Waals surface area contributed by atoms with Crippen molar-refractivity contribution in [1.29, 1.82) is 0 Å². The van der Waals surface area contributed by atoms with Crippen LogP contribution in [0.3, 0.4) is 0 Å². The molecule has 2 amide bonds. The highest BCUT2D eigenvalue weighted by molar-refractivity contribution is 7.99. The lowest BCUT2D eigenvalue weighted by atomic mass is 10.1. The van der Waals surface area contributed by atoms with Gasteiger partial charge < -0.3 is 10.2 Å². The van der Waals surface area contributed by atoms with Crippen molar-refractivity contribution in [3.8, 4) is 0 Å². The fraction of sp³-hybridized carbons (Fsp3) is 0.462. The first-order valence-corrected chi connectivity index (χ1v) is 7.31. The smallest absolute Gasteiger partial charge is 0.338 e. The molecule has 1 aliphatic rings. The third-order valence-electron chi connectivity index (χ3n) is 3.00. The van der Waals surface area contributed by atoms with Crippen molar-refractivity contribution in [2.24, 2.45) is 0 Å². The fourth-order valence-corrected chi connectivity index (χ4v) is 3.30. The maximum absolute atomic E-state index is 12.5. The predicted molar refractivity (Wildman–Crippen MR) is 72.4 cm³/mol. The van der Waals surface area contributed by atoms with Crippen LogP contribution in [0.5, 0.6) is 0 Å². The summed E-state index contributed by atoms with van der Waals surface area (Å²) in [7, 11) is 0. The standard InChI is InChI=1S/C13H15F3N2OS/c1-2-17-12(19)18-7-8-20-11(18)9-3-5-10(6-4-9)13(14,15)16/h3-6,11H,2,7-8H2,1H3,(H,17,19). The van der Waals surface area contributed by atoms with Gasteiger partial charge in [0, 0.05) is 18.8 Å². The first-order chi connectivity index (χ1) is 9.43. The molecule has 0 bridgehead atoms. The molecule has 1 aromatic carbocycles. The van der Waals surface area contributed by atoms with Gasteiger partial charge in [0.15, 0.2) is 0 Å². The van der Waals surface area contributed by atoms with E-state index in [4.69, 9.17) is 0 Å². The average molecular weight is 304 g/mol. The van der Waals surface area contributed by atoms with Gasteiger partial charge in [-0.2, -0.15) is 13.2 Å². The Morgan fingerprint density at radius 2 is 2.05 bits per heavy atom. The van der Waals surface area contributed by atoms with Crippen molar-refractivity contribution < 1.29 is 18.0 Å². The summed E-state index contributed by atoms with van der Waals surface area (Å²) in [6.45, 7) is 2.95. The average Bonchev–Trinajstić information content (AvgIpc) is 2.87. The molecule has 1 saturated heterocycles. The van der Waals surface area contributed by atoms with E-state index in [1.165, 1.54) is 12.1 Å². The van der Waals surface area contributed by atoms with Crippen LogP contribution in [0, 0.1) is 0 Å². The zero-order valence-electron chi connectivity index (χ0n) is 10.9. The maximum atomic E-state index is 12.5. The summed E-state index contributed by atoms with van der Waals surface area (Å²) in [5.41, 5.74) is 0.0422. The molecular weight excluding hydrogens is 289 g/mol. The summed E-state index contributed by atoms with van der Waals surface area (Å²) in [4.78, 5) is 13.5. The summed E-state index contributed by atoms with van der Waals surface area (Å²) in [6, 6.07) is 4.83.